The highest BCUT2D eigenvalue weighted by Gasteiger charge is 2.20. The van der Waals surface area contributed by atoms with E-state index in [9.17, 15) is 9.59 Å². The molecule has 1 unspecified atom stereocenters. The summed E-state index contributed by atoms with van der Waals surface area (Å²) in [6.45, 7) is 2.21. The van der Waals surface area contributed by atoms with Crippen molar-refractivity contribution < 1.29 is 14.3 Å². The number of methoxy groups -OCH3 is 1. The molecule has 0 aliphatic heterocycles. The number of anilines is 2. The van der Waals surface area contributed by atoms with E-state index in [1.54, 1.807) is 12.1 Å². The third-order valence-corrected chi connectivity index (χ3v) is 4.68. The zero-order valence-electron chi connectivity index (χ0n) is 17.9. The van der Waals surface area contributed by atoms with Crippen LogP contribution in [0.4, 0.5) is 11.4 Å². The van der Waals surface area contributed by atoms with Gasteiger partial charge in [-0.1, -0.05) is 18.2 Å². The summed E-state index contributed by atoms with van der Waals surface area (Å²) in [5.41, 5.74) is 3.58. The van der Waals surface area contributed by atoms with E-state index in [1.807, 2.05) is 75.2 Å². The molecule has 0 aliphatic rings. The number of amides is 2. The first-order valence-corrected chi connectivity index (χ1v) is 9.40. The molecule has 29 heavy (non-hydrogen) atoms. The monoisotopic (exact) mass is 398 g/mol. The Morgan fingerprint density at radius 3 is 2.21 bits per heavy atom. The first-order valence-electron chi connectivity index (χ1n) is 9.40. The van der Waals surface area contributed by atoms with Crippen LogP contribution in [0.2, 0.25) is 0 Å². The average Bonchev–Trinajstić information content (AvgIpc) is 2.68. The standard InChI is InChI=1S/C22H30N4O3/c1-15-7-12-20(29-6)18(13-15)24-22(28)21(27)23-14-19(26(4)5)16-8-10-17(11-9-16)25(2)3/h7-13,19H,14H2,1-6H3,(H,23,27)(H,24,28). The molecule has 2 aromatic rings. The fourth-order valence-corrected chi connectivity index (χ4v) is 2.96. The van der Waals surface area contributed by atoms with Crippen LogP contribution in [0.25, 0.3) is 0 Å². The van der Waals surface area contributed by atoms with Gasteiger partial charge < -0.3 is 25.2 Å². The molecule has 0 radical (unpaired) electrons. The van der Waals surface area contributed by atoms with Crippen molar-refractivity contribution in [3.05, 3.63) is 53.6 Å². The van der Waals surface area contributed by atoms with Gasteiger partial charge >= 0.3 is 11.8 Å². The molecule has 2 N–H and O–H groups in total. The number of carbonyl (C=O) groups excluding carboxylic acids is 2. The van der Waals surface area contributed by atoms with Crippen molar-refractivity contribution in [2.24, 2.45) is 0 Å². The van der Waals surface area contributed by atoms with E-state index in [4.69, 9.17) is 4.74 Å². The molecule has 2 aromatic carbocycles. The van der Waals surface area contributed by atoms with Crippen LogP contribution in [0, 0.1) is 6.92 Å². The zero-order chi connectivity index (χ0) is 21.6. The van der Waals surface area contributed by atoms with Crippen LogP contribution in [0.15, 0.2) is 42.5 Å². The Balaban J connectivity index is 2.03. The molecular weight excluding hydrogens is 368 g/mol. The number of hydrogen-bond donors (Lipinski definition) is 2. The molecule has 2 amide bonds. The van der Waals surface area contributed by atoms with Gasteiger partial charge in [0, 0.05) is 26.3 Å². The average molecular weight is 399 g/mol. The summed E-state index contributed by atoms with van der Waals surface area (Å²) in [6.07, 6.45) is 0. The number of rotatable bonds is 7. The number of ether oxygens (including phenoxy) is 1. The summed E-state index contributed by atoms with van der Waals surface area (Å²) in [4.78, 5) is 28.7. The van der Waals surface area contributed by atoms with E-state index in [-0.39, 0.29) is 6.04 Å². The summed E-state index contributed by atoms with van der Waals surface area (Å²) in [5.74, 6) is -0.913. The highest BCUT2D eigenvalue weighted by atomic mass is 16.5. The Kier molecular flexibility index (Phi) is 7.61. The number of carbonyl (C=O) groups is 2. The zero-order valence-corrected chi connectivity index (χ0v) is 17.9. The number of nitrogens with zero attached hydrogens (tertiary/aromatic N) is 2. The fraction of sp³-hybridized carbons (Fsp3) is 0.364. The Morgan fingerprint density at radius 1 is 1.00 bits per heavy atom. The first kappa shape index (κ1) is 22.2. The smallest absolute Gasteiger partial charge is 0.313 e. The van der Waals surface area contributed by atoms with Gasteiger partial charge in [0.15, 0.2) is 0 Å². The van der Waals surface area contributed by atoms with Gasteiger partial charge in [0.1, 0.15) is 5.75 Å². The molecule has 0 bridgehead atoms. The molecule has 0 saturated heterocycles. The van der Waals surface area contributed by atoms with Gasteiger partial charge in [-0.15, -0.1) is 0 Å². The summed E-state index contributed by atoms with van der Waals surface area (Å²) in [5, 5.41) is 5.35. The van der Waals surface area contributed by atoms with E-state index in [0.717, 1.165) is 16.8 Å². The predicted octanol–water partition coefficient (Wildman–Crippen LogP) is 2.43. The second-order valence-corrected chi connectivity index (χ2v) is 7.33. The van der Waals surface area contributed by atoms with E-state index in [1.165, 1.54) is 7.11 Å². The van der Waals surface area contributed by atoms with Gasteiger partial charge in [-0.3, -0.25) is 9.59 Å². The lowest BCUT2D eigenvalue weighted by Crippen LogP contribution is -2.40. The van der Waals surface area contributed by atoms with Crippen LogP contribution < -0.4 is 20.3 Å². The number of likely N-dealkylation sites (N-methyl/N-ethyl adjacent to an activating group) is 1. The first-order chi connectivity index (χ1) is 13.7. The fourth-order valence-electron chi connectivity index (χ4n) is 2.96. The summed E-state index contributed by atoms with van der Waals surface area (Å²) in [6, 6.07) is 13.5. The molecule has 0 saturated carbocycles. The van der Waals surface area contributed by atoms with Crippen LogP contribution in [-0.4, -0.2) is 58.6 Å². The normalized spacial score (nSPS) is 11.7. The lowest BCUT2D eigenvalue weighted by Gasteiger charge is -2.25. The molecule has 156 valence electrons. The van der Waals surface area contributed by atoms with Crippen LogP contribution in [0.3, 0.4) is 0 Å². The van der Waals surface area contributed by atoms with Crippen molar-refractivity contribution in [3.8, 4) is 5.75 Å². The molecule has 1 atom stereocenters. The minimum absolute atomic E-state index is 0.0588. The number of aryl methyl sites for hydroxylation is 1. The lowest BCUT2D eigenvalue weighted by atomic mass is 10.1. The van der Waals surface area contributed by atoms with Gasteiger partial charge in [0.25, 0.3) is 0 Å². The second-order valence-electron chi connectivity index (χ2n) is 7.33. The van der Waals surface area contributed by atoms with Gasteiger partial charge in [-0.25, -0.2) is 0 Å². The highest BCUT2D eigenvalue weighted by molar-refractivity contribution is 6.39. The molecule has 7 nitrogen and oxygen atoms in total. The molecule has 7 heteroatoms. The molecule has 0 aliphatic carbocycles. The Hall–Kier alpha value is -3.06. The number of hydrogen-bond acceptors (Lipinski definition) is 5. The van der Waals surface area contributed by atoms with Crippen LogP contribution in [0.1, 0.15) is 17.2 Å². The quantitative estimate of drug-likeness (QED) is 0.701. The van der Waals surface area contributed by atoms with Gasteiger partial charge in [-0.2, -0.15) is 0 Å². The molecule has 2 rings (SSSR count). The van der Waals surface area contributed by atoms with Crippen molar-refractivity contribution in [2.75, 3.05) is 52.1 Å². The number of benzene rings is 2. The second kappa shape index (κ2) is 9.93. The Labute approximate surface area is 172 Å². The van der Waals surface area contributed by atoms with Gasteiger partial charge in [0.2, 0.25) is 0 Å². The molecular formula is C22H30N4O3. The van der Waals surface area contributed by atoms with E-state index in [0.29, 0.717) is 18.0 Å². The van der Waals surface area contributed by atoms with Crippen LogP contribution in [-0.2, 0) is 9.59 Å². The van der Waals surface area contributed by atoms with E-state index in [2.05, 4.69) is 10.6 Å². The molecule has 0 heterocycles. The predicted molar refractivity (Wildman–Crippen MR) is 117 cm³/mol. The van der Waals surface area contributed by atoms with Crippen LogP contribution in [0.5, 0.6) is 5.75 Å². The summed E-state index contributed by atoms with van der Waals surface area (Å²) < 4.78 is 5.24. The molecule has 0 aromatic heterocycles. The van der Waals surface area contributed by atoms with E-state index >= 15 is 0 Å². The third kappa shape index (κ3) is 5.96. The molecule has 0 spiro atoms. The maximum absolute atomic E-state index is 12.3. The minimum atomic E-state index is -0.727. The lowest BCUT2D eigenvalue weighted by molar-refractivity contribution is -0.136. The van der Waals surface area contributed by atoms with Crippen LogP contribution >= 0.6 is 0 Å². The van der Waals surface area contributed by atoms with Crippen molar-refractivity contribution in [3.63, 3.8) is 0 Å². The minimum Gasteiger partial charge on any atom is -0.495 e. The largest absolute Gasteiger partial charge is 0.495 e. The maximum atomic E-state index is 12.3. The maximum Gasteiger partial charge on any atom is 0.313 e. The van der Waals surface area contributed by atoms with Gasteiger partial charge in [0.05, 0.1) is 18.8 Å². The summed E-state index contributed by atoms with van der Waals surface area (Å²) in [7, 11) is 9.37. The van der Waals surface area contributed by atoms with Crippen molar-refractivity contribution in [1.29, 1.82) is 0 Å². The number of nitrogens with one attached hydrogen (secondary N) is 2. The Bertz CT molecular complexity index is 848. The third-order valence-electron chi connectivity index (χ3n) is 4.68. The molecule has 0 fully saturated rings. The van der Waals surface area contributed by atoms with E-state index < -0.39 is 11.8 Å². The van der Waals surface area contributed by atoms with Crippen molar-refractivity contribution in [1.82, 2.24) is 10.2 Å². The highest BCUT2D eigenvalue weighted by Crippen LogP contribution is 2.25. The Morgan fingerprint density at radius 2 is 1.66 bits per heavy atom. The SMILES string of the molecule is COc1ccc(C)cc1NC(=O)C(=O)NCC(c1ccc(N(C)C)cc1)N(C)C. The van der Waals surface area contributed by atoms with Gasteiger partial charge in [-0.05, 0) is 56.4 Å². The topological polar surface area (TPSA) is 73.9 Å². The van der Waals surface area contributed by atoms with Crippen molar-refractivity contribution in [2.45, 2.75) is 13.0 Å². The van der Waals surface area contributed by atoms with Crippen molar-refractivity contribution >= 4 is 23.2 Å². The summed E-state index contributed by atoms with van der Waals surface area (Å²) >= 11 is 0.